The van der Waals surface area contributed by atoms with Gasteiger partial charge in [0, 0.05) is 43.9 Å². The van der Waals surface area contributed by atoms with Crippen LogP contribution in [0.1, 0.15) is 25.0 Å². The molecule has 0 spiro atoms. The van der Waals surface area contributed by atoms with Crippen LogP contribution < -0.4 is 5.73 Å². The largest absolute Gasteiger partial charge is 0.451 e. The van der Waals surface area contributed by atoms with Crippen molar-refractivity contribution in [2.24, 2.45) is 5.73 Å². The molecule has 27 heavy (non-hydrogen) atoms. The van der Waals surface area contributed by atoms with Gasteiger partial charge in [-0.15, -0.1) is 22.0 Å². The molecule has 2 atom stereocenters. The van der Waals surface area contributed by atoms with Gasteiger partial charge in [-0.2, -0.15) is 13.2 Å². The van der Waals surface area contributed by atoms with Gasteiger partial charge < -0.3 is 20.1 Å². The molecular formula is C15H21F3N6O2S. The van der Waals surface area contributed by atoms with Crippen LogP contribution in [0, 0.1) is 0 Å². The minimum Gasteiger partial charge on any atom is -0.339 e. The number of aromatic nitrogens is 3. The molecule has 2 amide bonds. The fourth-order valence-electron chi connectivity index (χ4n) is 3.23. The van der Waals surface area contributed by atoms with Gasteiger partial charge in [0.15, 0.2) is 5.82 Å². The molecule has 1 fully saturated rings. The van der Waals surface area contributed by atoms with Gasteiger partial charge in [-0.05, 0) is 0 Å². The van der Waals surface area contributed by atoms with Crippen LogP contribution in [0.25, 0.3) is 0 Å². The zero-order chi connectivity index (χ0) is 19.8. The molecule has 3 heterocycles. The topological polar surface area (TPSA) is 97.3 Å². The highest BCUT2D eigenvalue weighted by Crippen LogP contribution is 2.29. The summed E-state index contributed by atoms with van der Waals surface area (Å²) in [4.78, 5) is 27.5. The summed E-state index contributed by atoms with van der Waals surface area (Å²) in [6, 6.07) is -0.526. The zero-order valence-electron chi connectivity index (χ0n) is 14.8. The number of thioether (sulfide) groups is 1. The third-order valence-electron chi connectivity index (χ3n) is 4.57. The first-order valence-electron chi connectivity index (χ1n) is 8.57. The fourth-order valence-corrected chi connectivity index (χ4v) is 4.12. The summed E-state index contributed by atoms with van der Waals surface area (Å²) in [5.74, 6) is -0.793. The maximum absolute atomic E-state index is 12.9. The number of amides is 2. The second kappa shape index (κ2) is 7.66. The third-order valence-corrected chi connectivity index (χ3v) is 5.70. The van der Waals surface area contributed by atoms with Gasteiger partial charge in [0.05, 0.1) is 12.3 Å². The molecule has 150 valence electrons. The lowest BCUT2D eigenvalue weighted by atomic mass is 10.1. The average Bonchev–Trinajstić information content (AvgIpc) is 3.01. The quantitative estimate of drug-likeness (QED) is 0.774. The van der Waals surface area contributed by atoms with E-state index in [0.717, 1.165) is 4.57 Å². The molecular weight excluding hydrogens is 385 g/mol. The van der Waals surface area contributed by atoms with E-state index < -0.39 is 18.0 Å². The number of halogens is 3. The van der Waals surface area contributed by atoms with Crippen LogP contribution in [0.5, 0.6) is 0 Å². The number of carbonyl (C=O) groups excluding carboxylic acids is 2. The van der Waals surface area contributed by atoms with E-state index in [9.17, 15) is 22.8 Å². The van der Waals surface area contributed by atoms with Crippen LogP contribution in [-0.2, 0) is 28.9 Å². The molecule has 2 N–H and O–H groups in total. The summed E-state index contributed by atoms with van der Waals surface area (Å²) in [6.07, 6.45) is -4.55. The number of hydrogen-bond acceptors (Lipinski definition) is 6. The maximum atomic E-state index is 12.9. The number of fused-ring (bicyclic) bond motifs is 1. The monoisotopic (exact) mass is 406 g/mol. The van der Waals surface area contributed by atoms with Gasteiger partial charge in [0.1, 0.15) is 0 Å². The van der Waals surface area contributed by atoms with Crippen molar-refractivity contribution in [1.82, 2.24) is 24.6 Å². The lowest BCUT2D eigenvalue weighted by molar-refractivity contribution is -0.148. The van der Waals surface area contributed by atoms with Crippen LogP contribution in [0.2, 0.25) is 0 Å². The smallest absolute Gasteiger partial charge is 0.339 e. The first kappa shape index (κ1) is 19.9. The van der Waals surface area contributed by atoms with Crippen LogP contribution >= 0.6 is 11.8 Å². The van der Waals surface area contributed by atoms with E-state index in [0.29, 0.717) is 17.5 Å². The Labute approximate surface area is 158 Å². The van der Waals surface area contributed by atoms with Crippen LogP contribution in [0.15, 0.2) is 0 Å². The second-order valence-electron chi connectivity index (χ2n) is 6.79. The predicted molar refractivity (Wildman–Crippen MR) is 91.5 cm³/mol. The first-order valence-corrected chi connectivity index (χ1v) is 9.62. The molecule has 1 unspecified atom stereocenters. The Morgan fingerprint density at radius 3 is 2.81 bits per heavy atom. The lowest BCUT2D eigenvalue weighted by Crippen LogP contribution is -2.49. The predicted octanol–water partition coefficient (Wildman–Crippen LogP) is 0.320. The standard InChI is InChI=1S/C15H21F3N6O2S/c1-9-5-23(13(26)8-27-9)6-10(19)4-12(25)22-2-3-24-11(7-22)20-21-14(24)15(16,17)18/h9-10H,2-8,19H2,1H3/t9?,10-/m0/s1. The molecule has 0 aromatic carbocycles. The first-order chi connectivity index (χ1) is 12.6. The molecule has 12 heteroatoms. The van der Waals surface area contributed by atoms with Gasteiger partial charge in [-0.25, -0.2) is 0 Å². The molecule has 0 saturated carbocycles. The summed E-state index contributed by atoms with van der Waals surface area (Å²) in [5, 5.41) is 7.08. The fraction of sp³-hybridized carbons (Fsp3) is 0.733. The van der Waals surface area contributed by atoms with Gasteiger partial charge in [0.25, 0.3) is 0 Å². The van der Waals surface area contributed by atoms with Gasteiger partial charge in [-0.1, -0.05) is 6.92 Å². The molecule has 1 aromatic heterocycles. The second-order valence-corrected chi connectivity index (χ2v) is 8.22. The highest BCUT2D eigenvalue weighted by atomic mass is 32.2. The Hall–Kier alpha value is -1.82. The normalized spacial score (nSPS) is 22.0. The number of alkyl halides is 3. The Balaban J connectivity index is 1.56. The van der Waals surface area contributed by atoms with Gasteiger partial charge in [-0.3, -0.25) is 9.59 Å². The van der Waals surface area contributed by atoms with Crippen molar-refractivity contribution < 1.29 is 22.8 Å². The Morgan fingerprint density at radius 2 is 2.11 bits per heavy atom. The Bertz CT molecular complexity index is 725. The number of carbonyl (C=O) groups is 2. The van der Waals surface area contributed by atoms with Crippen molar-refractivity contribution in [3.63, 3.8) is 0 Å². The van der Waals surface area contributed by atoms with Crippen LogP contribution in [0.3, 0.4) is 0 Å². The molecule has 2 aliphatic heterocycles. The van der Waals surface area contributed by atoms with E-state index in [1.165, 1.54) is 4.90 Å². The van der Waals surface area contributed by atoms with Crippen LogP contribution in [0.4, 0.5) is 13.2 Å². The number of nitrogens with zero attached hydrogens (tertiary/aromatic N) is 5. The van der Waals surface area contributed by atoms with Gasteiger partial charge in [0.2, 0.25) is 17.6 Å². The zero-order valence-corrected chi connectivity index (χ0v) is 15.6. The molecule has 2 aliphatic rings. The number of hydrogen-bond donors (Lipinski definition) is 1. The van der Waals surface area contributed by atoms with Gasteiger partial charge >= 0.3 is 6.18 Å². The Morgan fingerprint density at radius 1 is 1.37 bits per heavy atom. The molecule has 0 aliphatic carbocycles. The van der Waals surface area contributed by atoms with Crippen LogP contribution in [-0.4, -0.2) is 73.1 Å². The van der Waals surface area contributed by atoms with E-state index in [1.807, 2.05) is 6.92 Å². The minimum atomic E-state index is -4.57. The number of nitrogens with two attached hydrogens (primary N) is 1. The van der Waals surface area contributed by atoms with Crippen molar-refractivity contribution in [3.8, 4) is 0 Å². The summed E-state index contributed by atoms with van der Waals surface area (Å²) >= 11 is 1.59. The average molecular weight is 406 g/mol. The van der Waals surface area contributed by atoms with Crippen molar-refractivity contribution in [2.75, 3.05) is 25.4 Å². The van der Waals surface area contributed by atoms with Crippen molar-refractivity contribution >= 4 is 23.6 Å². The van der Waals surface area contributed by atoms with E-state index >= 15 is 0 Å². The maximum Gasteiger partial charge on any atom is 0.451 e. The number of rotatable bonds is 4. The molecule has 0 radical (unpaired) electrons. The molecule has 8 nitrogen and oxygen atoms in total. The lowest BCUT2D eigenvalue weighted by Gasteiger charge is -2.33. The SMILES string of the molecule is CC1CN(C[C@@H](N)CC(=O)N2CCn3c(nnc3C(F)(F)F)C2)C(=O)CS1. The molecule has 0 bridgehead atoms. The van der Waals surface area contributed by atoms with Crippen molar-refractivity contribution in [1.29, 1.82) is 0 Å². The molecule has 1 aromatic rings. The Kier molecular flexibility index (Phi) is 5.65. The van der Waals surface area contributed by atoms with Crippen molar-refractivity contribution in [3.05, 3.63) is 11.6 Å². The van der Waals surface area contributed by atoms with Crippen molar-refractivity contribution in [2.45, 2.75) is 43.9 Å². The molecule has 1 saturated heterocycles. The summed E-state index contributed by atoms with van der Waals surface area (Å²) in [7, 11) is 0. The van der Waals surface area contributed by atoms with E-state index in [4.69, 9.17) is 5.73 Å². The summed E-state index contributed by atoms with van der Waals surface area (Å²) < 4.78 is 39.6. The van der Waals surface area contributed by atoms with E-state index in [1.54, 1.807) is 16.7 Å². The van der Waals surface area contributed by atoms with E-state index in [-0.39, 0.29) is 50.2 Å². The molecule has 3 rings (SSSR count). The summed E-state index contributed by atoms with van der Waals surface area (Å²) in [5.41, 5.74) is 6.05. The highest BCUT2D eigenvalue weighted by molar-refractivity contribution is 8.00. The highest BCUT2D eigenvalue weighted by Gasteiger charge is 2.40. The summed E-state index contributed by atoms with van der Waals surface area (Å²) in [6.45, 7) is 2.99. The van der Waals surface area contributed by atoms with E-state index in [2.05, 4.69) is 10.2 Å². The third kappa shape index (κ3) is 4.54. The minimum absolute atomic E-state index is 0.00625.